The summed E-state index contributed by atoms with van der Waals surface area (Å²) in [7, 11) is 2.48. The van der Waals surface area contributed by atoms with Gasteiger partial charge in [0.15, 0.2) is 17.6 Å². The number of amides is 2. The number of fused-ring (bicyclic) bond motifs is 1. The van der Waals surface area contributed by atoms with E-state index in [1.807, 2.05) is 0 Å². The highest BCUT2D eigenvalue weighted by molar-refractivity contribution is 7.19. The molecular weight excluding hydrogens is 686 g/mol. The first-order chi connectivity index (χ1) is 24.5. The molecule has 15 nitrogen and oxygen atoms in total. The van der Waals surface area contributed by atoms with Crippen LogP contribution in [0.4, 0.5) is 16.4 Å². The summed E-state index contributed by atoms with van der Waals surface area (Å²) in [5, 5.41) is 12.8. The fourth-order valence-electron chi connectivity index (χ4n) is 6.00. The molecule has 0 saturated carbocycles. The Hall–Kier alpha value is -6.13. The third-order valence-electron chi connectivity index (χ3n) is 8.33. The number of nitro benzene ring substituents is 1. The molecule has 3 aromatic carbocycles. The van der Waals surface area contributed by atoms with E-state index < -0.39 is 52.7 Å². The number of nitrogens with zero attached hydrogens (tertiary/aromatic N) is 3. The SMILES string of the molecule is CCOC(=O)c1sc(N2C(=O)[C@H]3[C@@H](c4ccc(OC(=O)c5ccccc5)c(OC)c4)N(c4cccc([N+](=O)[O-])c4)O[C@H]3C2=O)c(C(=O)OC)c1C. The van der Waals surface area contributed by atoms with E-state index in [0.29, 0.717) is 11.1 Å². The van der Waals surface area contributed by atoms with Crippen molar-refractivity contribution in [3.05, 3.63) is 110 Å². The quantitative estimate of drug-likeness (QED) is 0.0687. The summed E-state index contributed by atoms with van der Waals surface area (Å²) in [4.78, 5) is 85.2. The molecule has 0 unspecified atom stereocenters. The molecule has 16 heteroatoms. The number of carbonyl (C=O) groups is 5. The van der Waals surface area contributed by atoms with E-state index in [9.17, 15) is 34.1 Å². The molecule has 6 rings (SSSR count). The third kappa shape index (κ3) is 6.15. The van der Waals surface area contributed by atoms with Gasteiger partial charge in [0.1, 0.15) is 15.8 Å². The van der Waals surface area contributed by atoms with Crippen molar-refractivity contribution in [2.45, 2.75) is 26.0 Å². The number of imide groups is 1. The number of hydrogen-bond acceptors (Lipinski definition) is 14. The third-order valence-corrected chi connectivity index (χ3v) is 9.59. The average molecular weight is 716 g/mol. The second kappa shape index (κ2) is 14.0. The number of methoxy groups -OCH3 is 2. The predicted octanol–water partition coefficient (Wildman–Crippen LogP) is 5.21. The van der Waals surface area contributed by atoms with Crippen molar-refractivity contribution in [2.75, 3.05) is 30.8 Å². The van der Waals surface area contributed by atoms with E-state index in [0.717, 1.165) is 23.3 Å². The average Bonchev–Trinajstić information content (AvgIpc) is 3.77. The fourth-order valence-corrected chi connectivity index (χ4v) is 7.20. The Balaban J connectivity index is 1.44. The van der Waals surface area contributed by atoms with Crippen LogP contribution in [0, 0.1) is 23.0 Å². The van der Waals surface area contributed by atoms with Gasteiger partial charge in [-0.25, -0.2) is 24.3 Å². The van der Waals surface area contributed by atoms with Crippen LogP contribution in [-0.4, -0.2) is 61.6 Å². The normalized spacial score (nSPS) is 18.0. The molecule has 262 valence electrons. The van der Waals surface area contributed by atoms with Crippen molar-refractivity contribution in [2.24, 2.45) is 5.92 Å². The molecule has 1 aromatic heterocycles. The number of anilines is 2. The highest BCUT2D eigenvalue weighted by Gasteiger charge is 2.61. The van der Waals surface area contributed by atoms with Crippen molar-refractivity contribution in [1.29, 1.82) is 0 Å². The standard InChI is InChI=1S/C35H29N3O12S/c1-5-48-35(43)29-18(2)25(34(42)47-4)32(51-29)36-30(39)26-27(37(50-28(26)31(36)40)21-12-9-13-22(17-21)38(44)45)20-14-15-23(24(16-20)46-3)49-33(41)19-10-7-6-8-11-19/h6-17,26-28H,5H2,1-4H3/t26-,27+,28+/m0/s1. The molecule has 2 fully saturated rings. The highest BCUT2D eigenvalue weighted by Crippen LogP contribution is 2.51. The van der Waals surface area contributed by atoms with Gasteiger partial charge in [-0.05, 0) is 55.3 Å². The smallest absolute Gasteiger partial charge is 0.348 e. The van der Waals surface area contributed by atoms with E-state index >= 15 is 0 Å². The van der Waals surface area contributed by atoms with Crippen molar-refractivity contribution in [1.82, 2.24) is 0 Å². The lowest BCUT2D eigenvalue weighted by Crippen LogP contribution is -2.37. The fraction of sp³-hybridized carbons (Fsp3) is 0.229. The second-order valence-electron chi connectivity index (χ2n) is 11.2. The van der Waals surface area contributed by atoms with Gasteiger partial charge in [0.05, 0.1) is 48.6 Å². The molecule has 0 spiro atoms. The predicted molar refractivity (Wildman–Crippen MR) is 180 cm³/mol. The van der Waals surface area contributed by atoms with Gasteiger partial charge < -0.3 is 18.9 Å². The van der Waals surface area contributed by atoms with Gasteiger partial charge >= 0.3 is 17.9 Å². The summed E-state index contributed by atoms with van der Waals surface area (Å²) < 4.78 is 21.2. The Morgan fingerprint density at radius 1 is 0.922 bits per heavy atom. The molecular formula is C35H29N3O12S. The molecule has 2 amide bonds. The number of ether oxygens (including phenoxy) is 4. The minimum Gasteiger partial charge on any atom is -0.493 e. The molecule has 0 radical (unpaired) electrons. The largest absolute Gasteiger partial charge is 0.493 e. The molecule has 0 N–H and O–H groups in total. The Bertz CT molecular complexity index is 2080. The van der Waals surface area contributed by atoms with Gasteiger partial charge in [-0.2, -0.15) is 0 Å². The van der Waals surface area contributed by atoms with E-state index in [1.165, 1.54) is 55.5 Å². The van der Waals surface area contributed by atoms with Gasteiger partial charge in [-0.15, -0.1) is 11.3 Å². The molecule has 3 heterocycles. The second-order valence-corrected chi connectivity index (χ2v) is 12.2. The van der Waals surface area contributed by atoms with Crippen LogP contribution in [0.1, 0.15) is 54.5 Å². The van der Waals surface area contributed by atoms with E-state index in [1.54, 1.807) is 43.3 Å². The maximum Gasteiger partial charge on any atom is 0.348 e. The van der Waals surface area contributed by atoms with E-state index in [4.69, 9.17) is 23.8 Å². The van der Waals surface area contributed by atoms with Crippen LogP contribution in [0.3, 0.4) is 0 Å². The number of rotatable bonds is 10. The highest BCUT2D eigenvalue weighted by atomic mass is 32.1. The van der Waals surface area contributed by atoms with Crippen molar-refractivity contribution < 1.29 is 52.7 Å². The van der Waals surface area contributed by atoms with E-state index in [-0.39, 0.29) is 50.5 Å². The first-order valence-corrected chi connectivity index (χ1v) is 16.2. The van der Waals surface area contributed by atoms with E-state index in [2.05, 4.69) is 0 Å². The first-order valence-electron chi connectivity index (χ1n) is 15.4. The minimum absolute atomic E-state index is 0.00553. The Morgan fingerprint density at radius 2 is 1.67 bits per heavy atom. The number of hydrogen-bond donors (Lipinski definition) is 0. The molecule has 0 aliphatic carbocycles. The summed E-state index contributed by atoms with van der Waals surface area (Å²) in [6.45, 7) is 3.13. The number of hydroxylamine groups is 1. The van der Waals surface area contributed by atoms with Gasteiger partial charge in [-0.3, -0.25) is 24.5 Å². The van der Waals surface area contributed by atoms with Crippen LogP contribution < -0.4 is 19.4 Å². The summed E-state index contributed by atoms with van der Waals surface area (Å²) in [5.74, 6) is -4.99. The monoisotopic (exact) mass is 715 g/mol. The molecule has 2 aliphatic rings. The molecule has 0 bridgehead atoms. The lowest BCUT2D eigenvalue weighted by atomic mass is 9.90. The van der Waals surface area contributed by atoms with Crippen molar-refractivity contribution in [3.8, 4) is 11.5 Å². The maximum absolute atomic E-state index is 14.5. The molecule has 51 heavy (non-hydrogen) atoms. The summed E-state index contributed by atoms with van der Waals surface area (Å²) in [5.41, 5.74) is 0.556. The molecule has 3 atom stereocenters. The number of carbonyl (C=O) groups excluding carboxylic acids is 5. The van der Waals surface area contributed by atoms with Gasteiger partial charge in [-0.1, -0.05) is 30.3 Å². The molecule has 2 aliphatic heterocycles. The molecule has 2 saturated heterocycles. The maximum atomic E-state index is 14.5. The summed E-state index contributed by atoms with van der Waals surface area (Å²) in [6.07, 6.45) is -1.46. The van der Waals surface area contributed by atoms with Crippen LogP contribution in [-0.2, 0) is 23.9 Å². The topological polar surface area (TPSA) is 181 Å². The minimum atomic E-state index is -1.46. The van der Waals surface area contributed by atoms with Gasteiger partial charge in [0.25, 0.3) is 11.6 Å². The number of nitro groups is 1. The van der Waals surface area contributed by atoms with Crippen LogP contribution in [0.5, 0.6) is 11.5 Å². The molecule has 4 aromatic rings. The lowest BCUT2D eigenvalue weighted by Gasteiger charge is -2.29. The zero-order valence-corrected chi connectivity index (χ0v) is 28.3. The zero-order valence-electron chi connectivity index (χ0n) is 27.5. The zero-order chi connectivity index (χ0) is 36.6. The van der Waals surface area contributed by atoms with Crippen LogP contribution >= 0.6 is 11.3 Å². The number of non-ortho nitro benzene ring substituents is 1. The lowest BCUT2D eigenvalue weighted by molar-refractivity contribution is -0.384. The Morgan fingerprint density at radius 3 is 2.33 bits per heavy atom. The summed E-state index contributed by atoms with van der Waals surface area (Å²) >= 11 is 0.729. The van der Waals surface area contributed by atoms with Crippen LogP contribution in [0.15, 0.2) is 72.8 Å². The van der Waals surface area contributed by atoms with Crippen LogP contribution in [0.25, 0.3) is 0 Å². The number of benzene rings is 3. The Kier molecular flexibility index (Phi) is 9.54. The van der Waals surface area contributed by atoms with Crippen LogP contribution in [0.2, 0.25) is 0 Å². The van der Waals surface area contributed by atoms with Crippen molar-refractivity contribution in [3.63, 3.8) is 0 Å². The number of thiophene rings is 1. The summed E-state index contributed by atoms with van der Waals surface area (Å²) in [6, 6.07) is 17.2. The Labute approximate surface area is 293 Å². The van der Waals surface area contributed by atoms with Crippen molar-refractivity contribution >= 4 is 57.4 Å². The van der Waals surface area contributed by atoms with Gasteiger partial charge in [0.2, 0.25) is 5.91 Å². The van der Waals surface area contributed by atoms with Gasteiger partial charge in [0, 0.05) is 12.1 Å². The first kappa shape index (κ1) is 34.7. The number of esters is 3.